The smallest absolute Gasteiger partial charge is 0.399 e. The molecule has 0 spiro atoms. The Morgan fingerprint density at radius 1 is 0.861 bits per heavy atom. The van der Waals surface area contributed by atoms with E-state index in [4.69, 9.17) is 0 Å². The molecule has 2 aromatic rings. The van der Waals surface area contributed by atoms with Crippen molar-refractivity contribution in [1.29, 1.82) is 0 Å². The summed E-state index contributed by atoms with van der Waals surface area (Å²) in [5.74, 6) is -3.66. The minimum absolute atomic E-state index is 0.143. The molecule has 2 aromatic carbocycles. The van der Waals surface area contributed by atoms with Gasteiger partial charge in [0.2, 0.25) is 5.75 Å². The zero-order valence-corrected chi connectivity index (χ0v) is 20.2. The molecular formula is C27H31F7O2. The maximum atomic E-state index is 14.5. The number of benzene rings is 2. The van der Waals surface area contributed by atoms with E-state index in [-0.39, 0.29) is 17.5 Å². The third-order valence-corrected chi connectivity index (χ3v) is 6.73. The molecular weight excluding hydrogens is 489 g/mol. The van der Waals surface area contributed by atoms with Gasteiger partial charge >= 0.3 is 12.5 Å². The SMILES string of the molecule is CCCCCC1CCC(c2ccc(C(F)(F)OCCc3cc(F)c(OC(F)(F)F)c(F)c3)cc2)CC1. The third-order valence-electron chi connectivity index (χ3n) is 6.73. The molecule has 0 N–H and O–H groups in total. The van der Waals surface area contributed by atoms with Crippen LogP contribution in [0.5, 0.6) is 5.75 Å². The van der Waals surface area contributed by atoms with Crippen molar-refractivity contribution in [3.05, 3.63) is 64.7 Å². The van der Waals surface area contributed by atoms with E-state index in [2.05, 4.69) is 16.4 Å². The van der Waals surface area contributed by atoms with Gasteiger partial charge in [-0.2, -0.15) is 8.78 Å². The second-order valence-electron chi connectivity index (χ2n) is 9.39. The molecule has 1 saturated carbocycles. The average Bonchev–Trinajstić information content (AvgIpc) is 2.81. The maximum Gasteiger partial charge on any atom is 0.573 e. The van der Waals surface area contributed by atoms with Crippen LogP contribution in [0.3, 0.4) is 0 Å². The lowest BCUT2D eigenvalue weighted by molar-refractivity contribution is -0.276. The molecule has 0 saturated heterocycles. The first-order chi connectivity index (χ1) is 17.0. The monoisotopic (exact) mass is 520 g/mol. The highest BCUT2D eigenvalue weighted by atomic mass is 19.4. The summed E-state index contributed by atoms with van der Waals surface area (Å²) in [5.41, 5.74) is 0.537. The van der Waals surface area contributed by atoms with Gasteiger partial charge in [0.25, 0.3) is 0 Å². The van der Waals surface area contributed by atoms with E-state index < -0.39 is 36.5 Å². The Morgan fingerprint density at radius 2 is 1.47 bits per heavy atom. The van der Waals surface area contributed by atoms with E-state index >= 15 is 0 Å². The zero-order valence-electron chi connectivity index (χ0n) is 20.2. The molecule has 0 aliphatic heterocycles. The zero-order chi connectivity index (χ0) is 26.3. The Labute approximate surface area is 206 Å². The van der Waals surface area contributed by atoms with Crippen molar-refractivity contribution in [2.24, 2.45) is 5.92 Å². The summed E-state index contributed by atoms with van der Waals surface area (Å²) in [5, 5.41) is 0. The molecule has 1 aliphatic carbocycles. The van der Waals surface area contributed by atoms with Crippen molar-refractivity contribution in [3.63, 3.8) is 0 Å². The minimum Gasteiger partial charge on any atom is -0.399 e. The molecule has 0 radical (unpaired) electrons. The van der Waals surface area contributed by atoms with Crippen molar-refractivity contribution in [2.75, 3.05) is 6.61 Å². The lowest BCUT2D eigenvalue weighted by Crippen LogP contribution is -2.20. The van der Waals surface area contributed by atoms with Crippen LogP contribution in [0.4, 0.5) is 30.7 Å². The van der Waals surface area contributed by atoms with Gasteiger partial charge in [0.1, 0.15) is 0 Å². The fraction of sp³-hybridized carbons (Fsp3) is 0.556. The summed E-state index contributed by atoms with van der Waals surface area (Å²) in [4.78, 5) is 0. The molecule has 9 heteroatoms. The Kier molecular flexibility index (Phi) is 9.66. The standard InChI is InChI=1S/C27H31F7O2/c1-2-3-4-5-18-6-8-20(9-7-18)21-10-12-22(13-11-21)26(30,31)35-15-14-19-16-23(28)25(24(29)17-19)36-27(32,33)34/h10-13,16-18,20H,2-9,14-15H2,1H3. The number of rotatable bonds is 11. The summed E-state index contributed by atoms with van der Waals surface area (Å²) < 4.78 is 101. The van der Waals surface area contributed by atoms with E-state index in [1.165, 1.54) is 37.8 Å². The van der Waals surface area contributed by atoms with E-state index in [1.54, 1.807) is 12.1 Å². The number of alkyl halides is 5. The normalized spacial score (nSPS) is 18.9. The van der Waals surface area contributed by atoms with E-state index in [0.717, 1.165) is 37.2 Å². The summed E-state index contributed by atoms with van der Waals surface area (Å²) in [7, 11) is 0. The Balaban J connectivity index is 1.51. The van der Waals surface area contributed by atoms with Crippen LogP contribution < -0.4 is 4.74 Å². The summed E-state index contributed by atoms with van der Waals surface area (Å²) in [6, 6.07) is 7.23. The first kappa shape index (κ1) is 28.3. The molecule has 0 aromatic heterocycles. The number of ether oxygens (including phenoxy) is 2. The second-order valence-corrected chi connectivity index (χ2v) is 9.39. The highest BCUT2D eigenvalue weighted by Gasteiger charge is 2.35. The van der Waals surface area contributed by atoms with Crippen LogP contribution in [-0.4, -0.2) is 13.0 Å². The van der Waals surface area contributed by atoms with Gasteiger partial charge in [-0.15, -0.1) is 13.2 Å². The topological polar surface area (TPSA) is 18.5 Å². The van der Waals surface area contributed by atoms with Crippen LogP contribution in [0, 0.1) is 17.6 Å². The Morgan fingerprint density at radius 3 is 2.03 bits per heavy atom. The number of unbranched alkanes of at least 4 members (excludes halogenated alkanes) is 2. The first-order valence-corrected chi connectivity index (χ1v) is 12.3. The number of halogens is 7. The van der Waals surface area contributed by atoms with Crippen LogP contribution in [0.1, 0.15) is 80.9 Å². The Bertz CT molecular complexity index is 942. The quantitative estimate of drug-likeness (QED) is 0.217. The van der Waals surface area contributed by atoms with E-state index in [9.17, 15) is 30.7 Å². The highest BCUT2D eigenvalue weighted by molar-refractivity contribution is 5.32. The van der Waals surface area contributed by atoms with Crippen LogP contribution in [0.2, 0.25) is 0 Å². The van der Waals surface area contributed by atoms with Gasteiger partial charge < -0.3 is 9.47 Å². The van der Waals surface area contributed by atoms with Crippen molar-refractivity contribution in [1.82, 2.24) is 0 Å². The van der Waals surface area contributed by atoms with E-state index in [1.807, 2.05) is 0 Å². The van der Waals surface area contributed by atoms with Gasteiger partial charge in [0.05, 0.1) is 12.2 Å². The lowest BCUT2D eigenvalue weighted by Gasteiger charge is -2.29. The molecule has 3 rings (SSSR count). The number of hydrogen-bond acceptors (Lipinski definition) is 2. The van der Waals surface area contributed by atoms with Gasteiger partial charge in [0.15, 0.2) is 11.6 Å². The molecule has 1 fully saturated rings. The molecule has 0 amide bonds. The van der Waals surface area contributed by atoms with Crippen molar-refractivity contribution < 1.29 is 40.2 Å². The predicted octanol–water partition coefficient (Wildman–Crippen LogP) is 9.03. The van der Waals surface area contributed by atoms with Crippen molar-refractivity contribution in [2.45, 2.75) is 83.1 Å². The molecule has 200 valence electrons. The fourth-order valence-electron chi connectivity index (χ4n) is 4.77. The molecule has 0 atom stereocenters. The fourth-order valence-corrected chi connectivity index (χ4v) is 4.77. The second kappa shape index (κ2) is 12.3. The molecule has 36 heavy (non-hydrogen) atoms. The summed E-state index contributed by atoms with van der Waals surface area (Å²) in [6.45, 7) is 1.59. The van der Waals surface area contributed by atoms with Crippen molar-refractivity contribution >= 4 is 0 Å². The summed E-state index contributed by atoms with van der Waals surface area (Å²) >= 11 is 0. The van der Waals surface area contributed by atoms with Crippen LogP contribution in [0.25, 0.3) is 0 Å². The van der Waals surface area contributed by atoms with Crippen LogP contribution >= 0.6 is 0 Å². The van der Waals surface area contributed by atoms with Gasteiger partial charge in [-0.3, -0.25) is 0 Å². The third kappa shape index (κ3) is 8.11. The van der Waals surface area contributed by atoms with Crippen LogP contribution in [-0.2, 0) is 17.3 Å². The van der Waals surface area contributed by atoms with Gasteiger partial charge in [-0.1, -0.05) is 56.9 Å². The maximum absolute atomic E-state index is 14.5. The Hall–Kier alpha value is -2.29. The highest BCUT2D eigenvalue weighted by Crippen LogP contribution is 2.39. The lowest BCUT2D eigenvalue weighted by atomic mass is 9.77. The van der Waals surface area contributed by atoms with Gasteiger partial charge in [0, 0.05) is 0 Å². The van der Waals surface area contributed by atoms with Gasteiger partial charge in [-0.25, -0.2) is 8.78 Å². The first-order valence-electron chi connectivity index (χ1n) is 12.3. The molecule has 1 aliphatic rings. The summed E-state index contributed by atoms with van der Waals surface area (Å²) in [6.07, 6.45) is 0.144. The minimum atomic E-state index is -5.27. The average molecular weight is 521 g/mol. The molecule has 0 bridgehead atoms. The molecule has 2 nitrogen and oxygen atoms in total. The predicted molar refractivity (Wildman–Crippen MR) is 122 cm³/mol. The van der Waals surface area contributed by atoms with Crippen LogP contribution in [0.15, 0.2) is 36.4 Å². The molecule has 0 unspecified atom stereocenters. The van der Waals surface area contributed by atoms with Crippen molar-refractivity contribution in [3.8, 4) is 5.75 Å². The number of hydrogen-bond donors (Lipinski definition) is 0. The molecule has 0 heterocycles. The largest absolute Gasteiger partial charge is 0.573 e. The van der Waals surface area contributed by atoms with E-state index in [0.29, 0.717) is 18.1 Å². The van der Waals surface area contributed by atoms with Gasteiger partial charge in [-0.05, 0) is 67.2 Å².